The summed E-state index contributed by atoms with van der Waals surface area (Å²) in [5, 5.41) is 0. The van der Waals surface area contributed by atoms with E-state index in [9.17, 15) is 8.60 Å². The van der Waals surface area contributed by atoms with Crippen molar-refractivity contribution in [2.45, 2.75) is 26.2 Å². The van der Waals surface area contributed by atoms with Crippen molar-refractivity contribution in [1.29, 1.82) is 0 Å². The van der Waals surface area contributed by atoms with Gasteiger partial charge in [0.2, 0.25) is 11.3 Å². The van der Waals surface area contributed by atoms with E-state index in [0.717, 1.165) is 28.1 Å². The lowest BCUT2D eigenvalue weighted by Crippen LogP contribution is -2.22. The molecule has 4 aromatic rings. The van der Waals surface area contributed by atoms with Crippen LogP contribution in [-0.2, 0) is 41.6 Å². The number of imidazole rings is 1. The van der Waals surface area contributed by atoms with Gasteiger partial charge in [0.15, 0.2) is 0 Å². The van der Waals surface area contributed by atoms with Crippen molar-refractivity contribution in [3.8, 4) is 5.75 Å². The highest BCUT2D eigenvalue weighted by atomic mass is 32.2. The summed E-state index contributed by atoms with van der Waals surface area (Å²) in [7, 11) is 0. The molecule has 8 heteroatoms. The molecule has 0 aliphatic carbocycles. The predicted octanol–water partition coefficient (Wildman–Crippen LogP) is 4.58. The first-order chi connectivity index (χ1) is 16.7. The first kappa shape index (κ1) is 23.8. The Labute approximate surface area is 201 Å². The second kappa shape index (κ2) is 12.2. The van der Waals surface area contributed by atoms with E-state index in [2.05, 4.69) is 9.71 Å². The minimum Gasteiger partial charge on any atom is -0.489 e. The highest BCUT2D eigenvalue weighted by molar-refractivity contribution is 7.78. The van der Waals surface area contributed by atoms with Crippen LogP contribution in [0, 0.1) is 5.82 Å². The van der Waals surface area contributed by atoms with Gasteiger partial charge in [-0.25, -0.2) is 18.3 Å². The van der Waals surface area contributed by atoms with Gasteiger partial charge < -0.3 is 9.30 Å². The summed E-state index contributed by atoms with van der Waals surface area (Å²) in [6, 6.07) is 24.0. The van der Waals surface area contributed by atoms with Crippen molar-refractivity contribution in [3.63, 3.8) is 0 Å². The number of hydrogen-bond acceptors (Lipinski definition) is 4. The van der Waals surface area contributed by atoms with Crippen LogP contribution in [0.15, 0.2) is 91.4 Å². The molecular weight excluding hydrogens is 453 g/mol. The molecule has 1 unspecified atom stereocenters. The van der Waals surface area contributed by atoms with E-state index in [1.165, 1.54) is 12.1 Å². The van der Waals surface area contributed by atoms with Gasteiger partial charge in [-0.05, 0) is 41.0 Å². The van der Waals surface area contributed by atoms with Crippen LogP contribution in [0.4, 0.5) is 4.39 Å². The van der Waals surface area contributed by atoms with Crippen molar-refractivity contribution in [1.82, 2.24) is 14.3 Å². The number of benzene rings is 3. The maximum Gasteiger partial charge on any atom is 0.234 e. The van der Waals surface area contributed by atoms with Crippen molar-refractivity contribution in [2.75, 3.05) is 6.54 Å². The number of rotatable bonds is 12. The van der Waals surface area contributed by atoms with Gasteiger partial charge in [-0.3, -0.25) is 4.18 Å². The number of aromatic nitrogens is 2. The summed E-state index contributed by atoms with van der Waals surface area (Å²) in [6.07, 6.45) is 4.07. The van der Waals surface area contributed by atoms with Gasteiger partial charge in [0.05, 0.1) is 12.9 Å². The van der Waals surface area contributed by atoms with E-state index in [-0.39, 0.29) is 12.4 Å². The molecule has 0 fully saturated rings. The van der Waals surface area contributed by atoms with Crippen LogP contribution in [0.1, 0.15) is 22.4 Å². The van der Waals surface area contributed by atoms with E-state index in [0.29, 0.717) is 26.1 Å². The number of ether oxygens (including phenoxy) is 1. The molecule has 0 amide bonds. The van der Waals surface area contributed by atoms with Gasteiger partial charge in [-0.2, -0.15) is 0 Å². The monoisotopic (exact) mass is 479 g/mol. The topological polar surface area (TPSA) is 65.4 Å². The van der Waals surface area contributed by atoms with Crippen molar-refractivity contribution >= 4 is 11.3 Å². The third-order valence-electron chi connectivity index (χ3n) is 5.12. The quantitative estimate of drug-likeness (QED) is 0.323. The molecule has 4 rings (SSSR count). The Morgan fingerprint density at radius 3 is 2.56 bits per heavy atom. The predicted molar refractivity (Wildman–Crippen MR) is 130 cm³/mol. The first-order valence-electron chi connectivity index (χ1n) is 10.9. The second-order valence-corrected chi connectivity index (χ2v) is 8.70. The summed E-state index contributed by atoms with van der Waals surface area (Å²) in [5.74, 6) is 0.469. The molecule has 176 valence electrons. The Morgan fingerprint density at radius 2 is 1.71 bits per heavy atom. The molecule has 3 aromatic carbocycles. The molecule has 0 aliphatic heterocycles. The minimum atomic E-state index is -1.64. The minimum absolute atomic E-state index is 0.194. The first-order valence-corrected chi connectivity index (χ1v) is 12.0. The van der Waals surface area contributed by atoms with Gasteiger partial charge in [0.25, 0.3) is 0 Å². The highest BCUT2D eigenvalue weighted by Crippen LogP contribution is 2.16. The lowest BCUT2D eigenvalue weighted by atomic mass is 10.2. The zero-order valence-corrected chi connectivity index (χ0v) is 19.4. The van der Waals surface area contributed by atoms with Gasteiger partial charge in [-0.1, -0.05) is 54.6 Å². The molecule has 0 bridgehead atoms. The zero-order chi connectivity index (χ0) is 23.6. The summed E-state index contributed by atoms with van der Waals surface area (Å²) in [4.78, 5) is 4.18. The van der Waals surface area contributed by atoms with E-state index >= 15 is 0 Å². The van der Waals surface area contributed by atoms with Gasteiger partial charge in [0.1, 0.15) is 18.2 Å². The van der Waals surface area contributed by atoms with Crippen LogP contribution in [0.25, 0.3) is 0 Å². The fourth-order valence-electron chi connectivity index (χ4n) is 3.42. The Kier molecular flexibility index (Phi) is 8.56. The maximum absolute atomic E-state index is 13.4. The van der Waals surface area contributed by atoms with Gasteiger partial charge in [-0.15, -0.1) is 0 Å². The van der Waals surface area contributed by atoms with Crippen LogP contribution in [-0.4, -0.2) is 20.3 Å². The molecule has 6 nitrogen and oxygen atoms in total. The molecule has 0 radical (unpaired) electrons. The van der Waals surface area contributed by atoms with E-state index in [1.807, 2.05) is 65.2 Å². The second-order valence-electron chi connectivity index (χ2n) is 7.71. The molecule has 1 atom stereocenters. The van der Waals surface area contributed by atoms with Crippen molar-refractivity contribution < 1.29 is 17.5 Å². The lowest BCUT2D eigenvalue weighted by molar-refractivity contribution is 0.302. The number of nitrogens with one attached hydrogen (secondary N) is 1. The van der Waals surface area contributed by atoms with Crippen LogP contribution in [0.3, 0.4) is 0 Å². The average molecular weight is 480 g/mol. The summed E-state index contributed by atoms with van der Waals surface area (Å²) < 4.78 is 41.8. The average Bonchev–Trinajstić information content (AvgIpc) is 3.29. The fourth-order valence-corrected chi connectivity index (χ4v) is 4.02. The highest BCUT2D eigenvalue weighted by Gasteiger charge is 2.07. The Balaban J connectivity index is 1.20. The summed E-state index contributed by atoms with van der Waals surface area (Å²) >= 11 is -1.64. The summed E-state index contributed by atoms with van der Waals surface area (Å²) in [5.41, 5.74) is 3.77. The summed E-state index contributed by atoms with van der Waals surface area (Å²) in [6.45, 7) is 1.64. The van der Waals surface area contributed by atoms with Crippen LogP contribution < -0.4 is 9.46 Å². The number of nitrogens with zero attached hydrogens (tertiary/aromatic N) is 2. The van der Waals surface area contributed by atoms with Crippen molar-refractivity contribution in [3.05, 3.63) is 120 Å². The third-order valence-corrected chi connectivity index (χ3v) is 5.89. The maximum atomic E-state index is 13.4. The number of hydrogen-bond donors (Lipinski definition) is 1. The molecule has 34 heavy (non-hydrogen) atoms. The largest absolute Gasteiger partial charge is 0.489 e. The normalized spacial score (nSPS) is 11.9. The lowest BCUT2D eigenvalue weighted by Gasteiger charge is -2.10. The Morgan fingerprint density at radius 1 is 0.912 bits per heavy atom. The smallest absolute Gasteiger partial charge is 0.234 e. The Bertz CT molecular complexity index is 1220. The van der Waals surface area contributed by atoms with Crippen LogP contribution >= 0.6 is 0 Å². The van der Waals surface area contributed by atoms with E-state index < -0.39 is 11.3 Å². The number of halogens is 1. The van der Waals surface area contributed by atoms with Gasteiger partial charge in [0, 0.05) is 31.4 Å². The molecule has 1 aromatic heterocycles. The van der Waals surface area contributed by atoms with Crippen LogP contribution in [0.2, 0.25) is 0 Å². The molecule has 0 spiro atoms. The molecule has 1 heterocycles. The Hall–Kier alpha value is -3.33. The van der Waals surface area contributed by atoms with Crippen LogP contribution in [0.5, 0.6) is 5.75 Å². The van der Waals surface area contributed by atoms with E-state index in [1.54, 1.807) is 18.6 Å². The zero-order valence-electron chi connectivity index (χ0n) is 18.6. The SMILES string of the molecule is O=S(NCCc1cncn1Cc1cccc(F)c1)OCc1cccc(OCc2ccccc2)c1. The fraction of sp³-hybridized carbons (Fsp3) is 0.192. The molecule has 0 aliphatic rings. The van der Waals surface area contributed by atoms with Gasteiger partial charge >= 0.3 is 0 Å². The van der Waals surface area contributed by atoms with Crippen molar-refractivity contribution in [2.24, 2.45) is 0 Å². The molecule has 0 saturated carbocycles. The van der Waals surface area contributed by atoms with E-state index in [4.69, 9.17) is 8.92 Å². The molecule has 0 saturated heterocycles. The molecular formula is C26H26FN3O3S. The standard InChI is InChI=1S/C26H26FN3O3S/c27-24-10-4-8-22(14-24)17-30-20-28-16-25(30)12-13-29-34(31)33-19-23-9-5-11-26(15-23)32-18-21-6-2-1-3-7-21/h1-11,14-16,20,29H,12-13,17-19H2. The third kappa shape index (κ3) is 7.34. The molecule has 1 N–H and O–H groups in total.